The average Bonchev–Trinajstić information content (AvgIpc) is 2.38. The van der Waals surface area contributed by atoms with Gasteiger partial charge in [-0.15, -0.1) is 0 Å². The summed E-state index contributed by atoms with van der Waals surface area (Å²) in [5.74, 6) is -0.920. The molecule has 1 unspecified atom stereocenters. The highest BCUT2D eigenvalue weighted by atomic mass is 16.4. The molecule has 0 aliphatic rings. The minimum atomic E-state index is -1.21. The first-order valence-electron chi connectivity index (χ1n) is 7.56. The third kappa shape index (κ3) is 11.9. The van der Waals surface area contributed by atoms with Crippen molar-refractivity contribution in [3.8, 4) is 0 Å². The molecule has 4 nitrogen and oxygen atoms in total. The van der Waals surface area contributed by atoms with Crippen LogP contribution in [0.1, 0.15) is 77.6 Å². The van der Waals surface area contributed by atoms with Gasteiger partial charge in [-0.1, -0.05) is 45.4 Å². The van der Waals surface area contributed by atoms with Crippen molar-refractivity contribution < 1.29 is 14.7 Å². The maximum absolute atomic E-state index is 11.6. The molecule has 1 radical (unpaired) electrons. The second-order valence-corrected chi connectivity index (χ2v) is 5.23. The second kappa shape index (κ2) is 12.2. The highest BCUT2D eigenvalue weighted by Gasteiger charge is 2.12. The number of hydrogen-bond acceptors (Lipinski definition) is 3. The number of unbranched alkanes of at least 4 members (excludes halogenated alkanes) is 6. The molecule has 1 atom stereocenters. The predicted molar refractivity (Wildman–Crippen MR) is 75.1 cm³/mol. The molecule has 4 heteroatoms. The van der Waals surface area contributed by atoms with Gasteiger partial charge in [0.05, 0.1) is 0 Å². The fraction of sp³-hybridized carbons (Fsp3) is 0.867. The first-order chi connectivity index (χ1) is 9.07. The monoisotopic (exact) mass is 270 g/mol. The Kier molecular flexibility index (Phi) is 11.6. The van der Waals surface area contributed by atoms with Crippen LogP contribution >= 0.6 is 0 Å². The van der Waals surface area contributed by atoms with E-state index < -0.39 is 12.0 Å². The zero-order valence-electron chi connectivity index (χ0n) is 12.2. The lowest BCUT2D eigenvalue weighted by Crippen LogP contribution is -2.28. The van der Waals surface area contributed by atoms with E-state index in [2.05, 4.69) is 6.92 Å². The second-order valence-electron chi connectivity index (χ2n) is 5.23. The maximum atomic E-state index is 11.6. The summed E-state index contributed by atoms with van der Waals surface area (Å²) in [6.07, 6.45) is 10.2. The molecule has 0 amide bonds. The van der Waals surface area contributed by atoms with Gasteiger partial charge in [0.2, 0.25) is 0 Å². The Labute approximate surface area is 116 Å². The number of carbonyl (C=O) groups excluding carboxylic acids is 2. The van der Waals surface area contributed by atoms with Crippen LogP contribution in [0.3, 0.4) is 0 Å². The maximum Gasteiger partial charge on any atom is 0.372 e. The number of hydrogen-bond donors (Lipinski definition) is 1. The SMILES string of the molecule is CCCCCCCCC(=O)CCCCC(N)C([O])=O. The first kappa shape index (κ1) is 18.1. The van der Waals surface area contributed by atoms with Crippen molar-refractivity contribution in [2.24, 2.45) is 5.73 Å². The van der Waals surface area contributed by atoms with Crippen molar-refractivity contribution in [3.05, 3.63) is 0 Å². The summed E-state index contributed by atoms with van der Waals surface area (Å²) in [6.45, 7) is 2.19. The van der Waals surface area contributed by atoms with Crippen molar-refractivity contribution in [2.75, 3.05) is 0 Å². The van der Waals surface area contributed by atoms with Crippen LogP contribution in [-0.2, 0) is 14.7 Å². The fourth-order valence-corrected chi connectivity index (χ4v) is 2.03. The molecule has 0 fully saturated rings. The molecule has 0 aliphatic carbocycles. The van der Waals surface area contributed by atoms with Gasteiger partial charge in [0, 0.05) is 12.8 Å². The molecular weight excluding hydrogens is 242 g/mol. The van der Waals surface area contributed by atoms with Crippen LogP contribution < -0.4 is 5.73 Å². The van der Waals surface area contributed by atoms with Gasteiger partial charge in [0.15, 0.2) is 0 Å². The number of nitrogens with two attached hydrogens (primary N) is 1. The standard InChI is InChI=1S/C15H28NO3/c1-2-3-4-5-6-7-10-13(17)11-8-9-12-14(16)15(18)19/h14H,2-12,16H2,1H3. The lowest BCUT2D eigenvalue weighted by Gasteiger charge is -2.04. The van der Waals surface area contributed by atoms with Gasteiger partial charge in [0.1, 0.15) is 11.8 Å². The van der Waals surface area contributed by atoms with E-state index in [9.17, 15) is 14.7 Å². The molecule has 19 heavy (non-hydrogen) atoms. The molecule has 0 aliphatic heterocycles. The van der Waals surface area contributed by atoms with E-state index >= 15 is 0 Å². The van der Waals surface area contributed by atoms with Crippen LogP contribution in [-0.4, -0.2) is 17.8 Å². The van der Waals surface area contributed by atoms with Crippen molar-refractivity contribution >= 4 is 11.8 Å². The van der Waals surface area contributed by atoms with Gasteiger partial charge in [0.25, 0.3) is 0 Å². The number of rotatable bonds is 13. The molecule has 0 saturated carbocycles. The Morgan fingerprint density at radius 1 is 0.895 bits per heavy atom. The highest BCUT2D eigenvalue weighted by Crippen LogP contribution is 2.10. The van der Waals surface area contributed by atoms with E-state index in [4.69, 9.17) is 5.73 Å². The lowest BCUT2D eigenvalue weighted by molar-refractivity contribution is -0.144. The number of ketones is 1. The van der Waals surface area contributed by atoms with Crippen LogP contribution in [0.4, 0.5) is 0 Å². The molecule has 111 valence electrons. The zero-order valence-corrected chi connectivity index (χ0v) is 12.2. The molecule has 0 heterocycles. The van der Waals surface area contributed by atoms with Crippen molar-refractivity contribution in [1.29, 1.82) is 0 Å². The smallest absolute Gasteiger partial charge is 0.318 e. The van der Waals surface area contributed by atoms with E-state index in [1.807, 2.05) is 0 Å². The van der Waals surface area contributed by atoms with Crippen molar-refractivity contribution in [1.82, 2.24) is 0 Å². The Hall–Kier alpha value is -0.900. The average molecular weight is 270 g/mol. The minimum absolute atomic E-state index is 0.289. The van der Waals surface area contributed by atoms with Crippen LogP contribution in [0.15, 0.2) is 0 Å². The Balaban J connectivity index is 3.33. The Bertz CT molecular complexity index is 254. The van der Waals surface area contributed by atoms with Gasteiger partial charge in [-0.05, 0) is 19.3 Å². The third-order valence-electron chi connectivity index (χ3n) is 3.33. The van der Waals surface area contributed by atoms with E-state index in [0.29, 0.717) is 25.7 Å². The summed E-state index contributed by atoms with van der Waals surface area (Å²) in [4.78, 5) is 21.9. The molecule has 0 saturated heterocycles. The summed E-state index contributed by atoms with van der Waals surface area (Å²) >= 11 is 0. The fourth-order valence-electron chi connectivity index (χ4n) is 2.03. The Morgan fingerprint density at radius 3 is 2.00 bits per heavy atom. The highest BCUT2D eigenvalue weighted by molar-refractivity contribution is 5.78. The summed E-state index contributed by atoms with van der Waals surface area (Å²) < 4.78 is 0. The van der Waals surface area contributed by atoms with Gasteiger partial charge < -0.3 is 5.73 Å². The van der Waals surface area contributed by atoms with Crippen molar-refractivity contribution in [3.63, 3.8) is 0 Å². The van der Waals surface area contributed by atoms with E-state index in [0.717, 1.165) is 19.3 Å². The molecule has 0 aromatic rings. The molecule has 0 bridgehead atoms. The number of carbonyl (C=O) groups is 2. The number of Topliss-reactive ketones (excluding diaryl/α,β-unsaturated/α-hetero) is 1. The molecule has 0 spiro atoms. The molecule has 2 N–H and O–H groups in total. The normalized spacial score (nSPS) is 12.3. The van der Waals surface area contributed by atoms with E-state index in [1.54, 1.807) is 0 Å². The summed E-state index contributed by atoms with van der Waals surface area (Å²) in [6, 6.07) is -0.895. The first-order valence-corrected chi connectivity index (χ1v) is 7.56. The van der Waals surface area contributed by atoms with E-state index in [-0.39, 0.29) is 5.78 Å². The van der Waals surface area contributed by atoms with Gasteiger partial charge in [-0.25, -0.2) is 9.90 Å². The molecule has 0 aromatic carbocycles. The van der Waals surface area contributed by atoms with Crippen LogP contribution in [0.25, 0.3) is 0 Å². The lowest BCUT2D eigenvalue weighted by atomic mass is 10.0. The quantitative estimate of drug-likeness (QED) is 0.522. The predicted octanol–water partition coefficient (Wildman–Crippen LogP) is 3.15. The molecular formula is C15H28NO3. The zero-order chi connectivity index (χ0) is 14.5. The summed E-state index contributed by atoms with van der Waals surface area (Å²) in [5.41, 5.74) is 5.32. The van der Waals surface area contributed by atoms with Crippen LogP contribution in [0, 0.1) is 0 Å². The van der Waals surface area contributed by atoms with Crippen LogP contribution in [0.2, 0.25) is 0 Å². The molecule has 0 aromatic heterocycles. The summed E-state index contributed by atoms with van der Waals surface area (Å²) in [7, 11) is 0. The van der Waals surface area contributed by atoms with E-state index in [1.165, 1.54) is 25.7 Å². The van der Waals surface area contributed by atoms with Gasteiger partial charge in [-0.2, -0.15) is 0 Å². The van der Waals surface area contributed by atoms with Crippen molar-refractivity contribution in [2.45, 2.75) is 83.6 Å². The third-order valence-corrected chi connectivity index (χ3v) is 3.33. The summed E-state index contributed by atoms with van der Waals surface area (Å²) in [5, 5.41) is 10.4. The topological polar surface area (TPSA) is 80.1 Å². The van der Waals surface area contributed by atoms with Crippen LogP contribution in [0.5, 0.6) is 0 Å². The molecule has 0 rings (SSSR count). The Morgan fingerprint density at radius 2 is 1.42 bits per heavy atom. The largest absolute Gasteiger partial charge is 0.372 e. The van der Waals surface area contributed by atoms with Gasteiger partial charge >= 0.3 is 5.97 Å². The van der Waals surface area contributed by atoms with Gasteiger partial charge in [-0.3, -0.25) is 4.79 Å². The minimum Gasteiger partial charge on any atom is -0.318 e.